The molecule has 46 heavy (non-hydrogen) atoms. The number of aromatic nitrogens is 4. The monoisotopic (exact) mass is 593 g/mol. The summed E-state index contributed by atoms with van der Waals surface area (Å²) in [6.07, 6.45) is 7.01. The van der Waals surface area contributed by atoms with Crippen molar-refractivity contribution in [2.24, 2.45) is 0 Å². The van der Waals surface area contributed by atoms with Crippen molar-refractivity contribution in [2.45, 2.75) is 6.23 Å². The Morgan fingerprint density at radius 3 is 1.98 bits per heavy atom. The molecule has 0 amide bonds. The third kappa shape index (κ3) is 4.39. The summed E-state index contributed by atoms with van der Waals surface area (Å²) in [5.74, 6) is 1.69. The molecular formula is C40H27N5O. The van der Waals surface area contributed by atoms with Crippen LogP contribution < -0.4 is 10.1 Å². The highest BCUT2D eigenvalue weighted by Gasteiger charge is 2.28. The van der Waals surface area contributed by atoms with E-state index in [0.29, 0.717) is 0 Å². The van der Waals surface area contributed by atoms with Crippen LogP contribution in [0.1, 0.15) is 11.8 Å². The maximum absolute atomic E-state index is 6.64. The zero-order valence-corrected chi connectivity index (χ0v) is 24.7. The average molecular weight is 594 g/mol. The van der Waals surface area contributed by atoms with Crippen molar-refractivity contribution >= 4 is 27.5 Å². The number of nitrogens with one attached hydrogen (secondary N) is 1. The summed E-state index contributed by atoms with van der Waals surface area (Å²) < 4.78 is 8.90. The predicted molar refractivity (Wildman–Crippen MR) is 184 cm³/mol. The summed E-state index contributed by atoms with van der Waals surface area (Å²) in [7, 11) is 0. The van der Waals surface area contributed by atoms with Gasteiger partial charge in [-0.1, -0.05) is 72.8 Å². The smallest absolute Gasteiger partial charge is 0.196 e. The molecular weight excluding hydrogens is 566 g/mol. The zero-order valence-electron chi connectivity index (χ0n) is 24.7. The van der Waals surface area contributed by atoms with Gasteiger partial charge in [0, 0.05) is 41.3 Å². The number of benzene rings is 4. The Morgan fingerprint density at radius 1 is 0.565 bits per heavy atom. The van der Waals surface area contributed by atoms with Gasteiger partial charge in [-0.25, -0.2) is 4.98 Å². The fourth-order valence-corrected chi connectivity index (χ4v) is 6.45. The van der Waals surface area contributed by atoms with E-state index in [2.05, 4.69) is 105 Å². The van der Waals surface area contributed by atoms with Crippen LogP contribution in [0.15, 0.2) is 152 Å². The largest absolute Gasteiger partial charge is 0.464 e. The highest BCUT2D eigenvalue weighted by atomic mass is 16.5. The van der Waals surface area contributed by atoms with E-state index in [9.17, 15) is 0 Å². The third-order valence-electron chi connectivity index (χ3n) is 8.66. The van der Waals surface area contributed by atoms with E-state index in [1.54, 1.807) is 0 Å². The fraction of sp³-hybridized carbons (Fsp3) is 0.0250. The lowest BCUT2D eigenvalue weighted by atomic mass is 10.00. The molecule has 4 aromatic heterocycles. The van der Waals surface area contributed by atoms with Crippen molar-refractivity contribution in [3.05, 3.63) is 158 Å². The molecule has 1 unspecified atom stereocenters. The van der Waals surface area contributed by atoms with Gasteiger partial charge < -0.3 is 10.1 Å². The van der Waals surface area contributed by atoms with Gasteiger partial charge in [0.25, 0.3) is 0 Å². The molecule has 0 saturated carbocycles. The topological polar surface area (TPSA) is 64.9 Å². The molecule has 8 aromatic rings. The van der Waals surface area contributed by atoms with Crippen LogP contribution in [0.5, 0.6) is 5.75 Å². The third-order valence-corrected chi connectivity index (χ3v) is 8.66. The molecule has 1 aliphatic heterocycles. The first-order chi connectivity index (χ1) is 22.8. The van der Waals surface area contributed by atoms with Gasteiger partial charge in [0.15, 0.2) is 12.0 Å². The predicted octanol–water partition coefficient (Wildman–Crippen LogP) is 9.47. The van der Waals surface area contributed by atoms with E-state index in [1.165, 1.54) is 0 Å². The summed E-state index contributed by atoms with van der Waals surface area (Å²) in [4.78, 5) is 13.7. The summed E-state index contributed by atoms with van der Waals surface area (Å²) in [5.41, 5.74) is 10.5. The Hall–Kier alpha value is -6.27. The fourth-order valence-electron chi connectivity index (χ4n) is 6.45. The number of ether oxygens (including phenoxy) is 1. The van der Waals surface area contributed by atoms with Gasteiger partial charge in [0.05, 0.1) is 27.8 Å². The van der Waals surface area contributed by atoms with Crippen LogP contribution in [0.25, 0.3) is 61.1 Å². The Balaban J connectivity index is 1.23. The van der Waals surface area contributed by atoms with E-state index in [0.717, 1.165) is 78.1 Å². The molecule has 0 saturated heterocycles. The standard InChI is InChI=1S/C40H27N5O/c1-2-6-30(7-3-1)40-44-33-14-15-36-38(39(33)46-40)32-8-4-5-9-35(32)45(36)37-25-31(24-34(43-37)29-18-22-42-23-19-29)27-12-10-26(11-13-27)28-16-20-41-21-17-28/h1-25,40,44H. The van der Waals surface area contributed by atoms with Gasteiger partial charge in [0.2, 0.25) is 0 Å². The quantitative estimate of drug-likeness (QED) is 0.215. The highest BCUT2D eigenvalue weighted by molar-refractivity contribution is 6.14. The van der Waals surface area contributed by atoms with Crippen molar-refractivity contribution in [3.8, 4) is 45.1 Å². The molecule has 218 valence electrons. The van der Waals surface area contributed by atoms with Crippen LogP contribution >= 0.6 is 0 Å². The second kappa shape index (κ2) is 10.7. The minimum absolute atomic E-state index is 0.251. The number of hydrogen-bond acceptors (Lipinski definition) is 5. The van der Waals surface area contributed by atoms with Gasteiger partial charge >= 0.3 is 0 Å². The number of fused-ring (bicyclic) bond motifs is 5. The summed E-state index contributed by atoms with van der Waals surface area (Å²) in [6.45, 7) is 0. The maximum Gasteiger partial charge on any atom is 0.196 e. The van der Waals surface area contributed by atoms with Crippen molar-refractivity contribution in [2.75, 3.05) is 5.32 Å². The second-order valence-corrected chi connectivity index (χ2v) is 11.4. The average Bonchev–Trinajstić information content (AvgIpc) is 3.72. The molecule has 0 radical (unpaired) electrons. The first-order valence-electron chi connectivity index (χ1n) is 15.3. The van der Waals surface area contributed by atoms with Crippen LogP contribution in [-0.2, 0) is 0 Å². The minimum Gasteiger partial charge on any atom is -0.464 e. The van der Waals surface area contributed by atoms with Crippen molar-refractivity contribution in [3.63, 3.8) is 0 Å². The van der Waals surface area contributed by atoms with Crippen LogP contribution in [0.2, 0.25) is 0 Å². The van der Waals surface area contributed by atoms with Gasteiger partial charge in [0.1, 0.15) is 5.82 Å². The van der Waals surface area contributed by atoms with Crippen LogP contribution in [0.4, 0.5) is 5.69 Å². The molecule has 6 nitrogen and oxygen atoms in total. The van der Waals surface area contributed by atoms with E-state index in [4.69, 9.17) is 9.72 Å². The molecule has 0 spiro atoms. The lowest BCUT2D eigenvalue weighted by Gasteiger charge is -2.13. The summed E-state index contributed by atoms with van der Waals surface area (Å²) >= 11 is 0. The number of rotatable bonds is 5. The molecule has 0 bridgehead atoms. The molecule has 0 fully saturated rings. The van der Waals surface area contributed by atoms with Gasteiger partial charge in [-0.2, -0.15) is 0 Å². The number of para-hydroxylation sites is 1. The van der Waals surface area contributed by atoms with E-state index in [-0.39, 0.29) is 6.23 Å². The molecule has 1 aliphatic rings. The summed E-state index contributed by atoms with van der Waals surface area (Å²) in [6, 6.07) is 44.1. The Labute approximate surface area is 265 Å². The summed E-state index contributed by atoms with van der Waals surface area (Å²) in [5, 5.41) is 5.76. The molecule has 1 atom stereocenters. The Morgan fingerprint density at radius 2 is 1.22 bits per heavy atom. The number of pyridine rings is 3. The van der Waals surface area contributed by atoms with E-state index < -0.39 is 0 Å². The maximum atomic E-state index is 6.64. The molecule has 4 aromatic carbocycles. The van der Waals surface area contributed by atoms with Crippen LogP contribution in [0.3, 0.4) is 0 Å². The van der Waals surface area contributed by atoms with Crippen LogP contribution in [-0.4, -0.2) is 19.5 Å². The molecule has 5 heterocycles. The van der Waals surface area contributed by atoms with E-state index >= 15 is 0 Å². The zero-order chi connectivity index (χ0) is 30.5. The molecule has 0 aliphatic carbocycles. The molecule has 9 rings (SSSR count). The van der Waals surface area contributed by atoms with Gasteiger partial charge in [-0.15, -0.1) is 0 Å². The first-order valence-corrected chi connectivity index (χ1v) is 15.3. The van der Waals surface area contributed by atoms with E-state index in [1.807, 2.05) is 67.3 Å². The van der Waals surface area contributed by atoms with Crippen molar-refractivity contribution in [1.29, 1.82) is 0 Å². The SMILES string of the molecule is c1ccc(C2Nc3ccc4c(c3O2)c2ccccc2n4-c2cc(-c3ccc(-c4ccncc4)cc3)cc(-c3ccncc3)n2)cc1. The first kappa shape index (κ1) is 26.2. The highest BCUT2D eigenvalue weighted by Crippen LogP contribution is 2.47. The number of hydrogen-bond donors (Lipinski definition) is 1. The number of anilines is 1. The number of nitrogens with zero attached hydrogens (tertiary/aromatic N) is 4. The second-order valence-electron chi connectivity index (χ2n) is 11.4. The van der Waals surface area contributed by atoms with Crippen molar-refractivity contribution in [1.82, 2.24) is 19.5 Å². The van der Waals surface area contributed by atoms with Gasteiger partial charge in [-0.3, -0.25) is 14.5 Å². The Bertz CT molecular complexity index is 2350. The molecule has 1 N–H and O–H groups in total. The van der Waals surface area contributed by atoms with Gasteiger partial charge in [-0.05, 0) is 76.9 Å². The molecule has 6 heteroatoms. The normalized spacial score (nSPS) is 13.8. The lowest BCUT2D eigenvalue weighted by Crippen LogP contribution is -2.09. The minimum atomic E-state index is -0.251. The van der Waals surface area contributed by atoms with Crippen LogP contribution in [0, 0.1) is 0 Å². The van der Waals surface area contributed by atoms with Crippen molar-refractivity contribution < 1.29 is 4.74 Å². The lowest BCUT2D eigenvalue weighted by molar-refractivity contribution is 0.263. The Kier molecular flexibility index (Phi) is 6.09.